The van der Waals surface area contributed by atoms with E-state index in [2.05, 4.69) is 45.6 Å². The van der Waals surface area contributed by atoms with Gasteiger partial charge in [0.05, 0.1) is 88.0 Å². The number of benzene rings is 3. The molecule has 12 rings (SSSR count). The molecule has 27 nitrogen and oxygen atoms in total. The number of halogens is 6. The summed E-state index contributed by atoms with van der Waals surface area (Å²) < 4.78 is 33.0. The molecule has 9 heterocycles. The largest absolute Gasteiger partial charge is 0.481 e. The molecule has 10 atom stereocenters. The number of nitrogens with one attached hydrogen (secondary N) is 3. The van der Waals surface area contributed by atoms with Crippen molar-refractivity contribution in [2.45, 2.75) is 102 Å². The summed E-state index contributed by atoms with van der Waals surface area (Å²) in [4.78, 5) is 108. The summed E-state index contributed by atoms with van der Waals surface area (Å²) in [6.45, 7) is 12.0. The molecule has 3 aromatic heterocycles. The van der Waals surface area contributed by atoms with Crippen molar-refractivity contribution in [1.29, 1.82) is 0 Å². The van der Waals surface area contributed by atoms with Crippen molar-refractivity contribution in [2.24, 2.45) is 26.8 Å². The number of carboxylic acids is 3. The van der Waals surface area contributed by atoms with Gasteiger partial charge in [0.2, 0.25) is 0 Å². The first-order chi connectivity index (χ1) is 52.2. The molecular weight excluding hydrogens is 1590 g/mol. The van der Waals surface area contributed by atoms with E-state index in [-0.39, 0.29) is 36.8 Å². The molecule has 582 valence electrons. The highest BCUT2D eigenvalue weighted by atomic mass is 35.5. The Morgan fingerprint density at radius 1 is 0.523 bits per heavy atom. The lowest BCUT2D eigenvalue weighted by Gasteiger charge is -2.42. The third-order valence-corrected chi connectivity index (χ3v) is 22.9. The summed E-state index contributed by atoms with van der Waals surface area (Å²) in [6.07, 6.45) is 5.69. The second-order valence-electron chi connectivity index (χ2n) is 26.0. The summed E-state index contributed by atoms with van der Waals surface area (Å²) >= 11 is 42.3. The Bertz CT molecular complexity index is 4470. The Labute approximate surface area is 670 Å². The molecule has 109 heavy (non-hydrogen) atoms. The minimum absolute atomic E-state index is 0.0139. The van der Waals surface area contributed by atoms with Crippen LogP contribution in [0.25, 0.3) is 0 Å². The number of hydrogen-bond acceptors (Lipinski definition) is 27. The van der Waals surface area contributed by atoms with Crippen LogP contribution in [0.2, 0.25) is 30.1 Å². The van der Waals surface area contributed by atoms with Gasteiger partial charge in [-0.3, -0.25) is 44.1 Å². The van der Waals surface area contributed by atoms with E-state index < -0.39 is 65.8 Å². The number of aliphatic imine (C=N–C) groups is 3. The first kappa shape index (κ1) is 84.0. The maximum Gasteiger partial charge on any atom is 0.338 e. The fourth-order valence-corrected chi connectivity index (χ4v) is 16.6. The number of esters is 3. The van der Waals surface area contributed by atoms with Crippen molar-refractivity contribution < 1.29 is 72.5 Å². The van der Waals surface area contributed by atoms with Crippen LogP contribution < -0.4 is 16.0 Å². The minimum atomic E-state index is -0.867. The average Bonchev–Trinajstić information content (AvgIpc) is 1.60. The van der Waals surface area contributed by atoms with E-state index in [0.29, 0.717) is 198 Å². The third-order valence-electron chi connectivity index (χ3n) is 18.8. The molecule has 36 heteroatoms. The van der Waals surface area contributed by atoms with Crippen molar-refractivity contribution in [3.63, 3.8) is 0 Å². The molecule has 6 N–H and O–H groups in total. The summed E-state index contributed by atoms with van der Waals surface area (Å²) in [5.41, 5.74) is 4.59. The maximum atomic E-state index is 13.2. The number of aromatic nitrogens is 3. The molecular formula is C73H80Cl6N12O15S3. The predicted molar refractivity (Wildman–Crippen MR) is 418 cm³/mol. The van der Waals surface area contributed by atoms with E-state index in [0.717, 1.165) is 0 Å². The zero-order valence-electron chi connectivity index (χ0n) is 60.1. The molecule has 2 unspecified atom stereocenters. The Morgan fingerprint density at radius 2 is 0.890 bits per heavy atom. The Balaban J connectivity index is 0.000000174. The van der Waals surface area contributed by atoms with Crippen LogP contribution >= 0.6 is 104 Å². The van der Waals surface area contributed by atoms with Gasteiger partial charge in [-0.25, -0.2) is 29.3 Å². The van der Waals surface area contributed by atoms with E-state index in [1.54, 1.807) is 87.0 Å². The number of rotatable bonds is 24. The maximum absolute atomic E-state index is 13.2. The van der Waals surface area contributed by atoms with Crippen LogP contribution in [0.4, 0.5) is 0 Å². The van der Waals surface area contributed by atoms with Crippen LogP contribution in [-0.4, -0.2) is 216 Å². The van der Waals surface area contributed by atoms with Gasteiger partial charge in [0, 0.05) is 163 Å². The number of carbonyl (C=O) groups is 6. The summed E-state index contributed by atoms with van der Waals surface area (Å²) in [6, 6.07) is 12.6. The first-order valence-electron chi connectivity index (χ1n) is 34.5. The van der Waals surface area contributed by atoms with Crippen LogP contribution in [0.1, 0.15) is 103 Å². The number of ether oxygens (including phenoxy) is 6. The highest BCUT2D eigenvalue weighted by Crippen LogP contribution is 2.42. The minimum Gasteiger partial charge on any atom is -0.481 e. The van der Waals surface area contributed by atoms with E-state index >= 15 is 0 Å². The number of morpholine rings is 3. The van der Waals surface area contributed by atoms with Crippen LogP contribution in [0.3, 0.4) is 0 Å². The Morgan fingerprint density at radius 3 is 1.25 bits per heavy atom. The van der Waals surface area contributed by atoms with E-state index in [4.69, 9.17) is 113 Å². The van der Waals surface area contributed by atoms with Crippen molar-refractivity contribution in [3.8, 4) is 0 Å². The fraction of sp³-hybridized carbons (Fsp3) is 0.425. The molecule has 6 aromatic rings. The van der Waals surface area contributed by atoms with E-state index in [9.17, 15) is 44.1 Å². The van der Waals surface area contributed by atoms with Crippen molar-refractivity contribution in [1.82, 2.24) is 45.6 Å². The molecule has 0 spiro atoms. The van der Waals surface area contributed by atoms with Gasteiger partial charge >= 0.3 is 35.8 Å². The molecule has 0 aliphatic carbocycles. The number of nitrogens with zero attached hydrogens (tertiary/aromatic N) is 9. The Hall–Kier alpha value is -7.50. The van der Waals surface area contributed by atoms with Crippen LogP contribution in [0.15, 0.2) is 138 Å². The van der Waals surface area contributed by atoms with Gasteiger partial charge in [0.1, 0.15) is 18.1 Å². The number of aliphatic carboxylic acids is 3. The van der Waals surface area contributed by atoms with Crippen molar-refractivity contribution in [2.75, 3.05) is 87.0 Å². The molecule has 6 aliphatic heterocycles. The highest BCUT2D eigenvalue weighted by Gasteiger charge is 2.42. The van der Waals surface area contributed by atoms with Gasteiger partial charge in [-0.1, -0.05) is 102 Å². The molecule has 0 saturated carbocycles. The Kier molecular flexibility index (Phi) is 30.1. The van der Waals surface area contributed by atoms with Crippen LogP contribution in [0, 0.1) is 11.8 Å². The molecule has 3 saturated heterocycles. The molecule has 0 bridgehead atoms. The monoisotopic (exact) mass is 1670 g/mol. The fourth-order valence-electron chi connectivity index (χ4n) is 13.3. The van der Waals surface area contributed by atoms with Crippen molar-refractivity contribution in [3.05, 3.63) is 185 Å². The molecule has 0 amide bonds. The average molecular weight is 1670 g/mol. The van der Waals surface area contributed by atoms with Crippen LogP contribution in [0.5, 0.6) is 0 Å². The number of hydrogen-bond donors (Lipinski definition) is 6. The number of methoxy groups -OCH3 is 3. The number of carboxylic acid groups (broad SMARTS) is 3. The van der Waals surface area contributed by atoms with Gasteiger partial charge in [0.15, 0.2) is 32.5 Å². The SMILES string of the molecule is COC(=O)C1=C(CN2CCO[C@H](C)[C@H]2CC(C)C(=O)O)NC(c2nccs2)=N[C@H]1c1ccc(Cl)cc1Cl.COC(=O)C1=C(CN2CCO[C@H](C)[C@H]2CCC(=O)O)NC(c2nccs2)=N[C@H]1c1ccc(Cl)cc1Cl.COC(=O)C1=C(CN2CCO[C@H](CC(C)C(=O)O)C2)NC(c2nccs2)=N[C@H]1c1ccc(Cl)cc1Cl. The predicted octanol–water partition coefficient (Wildman–Crippen LogP) is 11.9. The topological polar surface area (TPSA) is 340 Å². The van der Waals surface area contributed by atoms with Gasteiger partial charge in [-0.15, -0.1) is 34.0 Å². The van der Waals surface area contributed by atoms with Gasteiger partial charge in [-0.2, -0.15) is 0 Å². The molecule has 3 aromatic carbocycles. The van der Waals surface area contributed by atoms with Gasteiger partial charge in [-0.05, 0) is 69.5 Å². The van der Waals surface area contributed by atoms with Gasteiger partial charge in [0.25, 0.3) is 0 Å². The number of amidine groups is 3. The molecule has 0 radical (unpaired) electrons. The standard InChI is InChI=1S/C25H28Cl2N4O5S.2C24H26Cl2N4O5S/c1-13(24(32)33)10-19-14(2)36-8-7-31(19)12-18-20(25(34)35-3)21(16-5-4-15(26)11-17(16)27)30-22(29-18)23-28-6-9-37-23;1-13(23(31)32)9-15-11-30(6-7-35-15)12-18-19(24(33)34-2)20(16-4-3-14(25)10-17(16)26)29-21(28-18)22-27-5-8-36-22;1-13-18(5-6-19(31)32)30(8-9-35-13)12-17-20(24(33)34-2)21(15-4-3-14(25)11-16(15)26)29-22(28-17)23-27-7-10-36-23/h4-6,9,11,13-14,19,21H,7-8,10,12H2,1-3H3,(H,29,30)(H,32,33);3-5,8,10,13,15,20H,6-7,9,11-12H2,1-2H3,(H,28,29)(H,31,32);3-4,7,10-11,13,18,21H,5-6,8-9,12H2,1-2H3,(H,28,29)(H,31,32)/t13?,14-,19-,21+;13?,15-,20+;13-,18-,21+/m111/s1. The van der Waals surface area contributed by atoms with Crippen LogP contribution in [-0.2, 0) is 57.2 Å². The van der Waals surface area contributed by atoms with E-state index in [1.165, 1.54) is 55.3 Å². The number of carbonyl (C=O) groups excluding carboxylic acids is 3. The molecule has 6 aliphatic rings. The second kappa shape index (κ2) is 39.1. The smallest absolute Gasteiger partial charge is 0.338 e. The van der Waals surface area contributed by atoms with E-state index in [1.807, 2.05) is 30.0 Å². The second-order valence-corrected chi connectivity index (χ2v) is 31.2. The lowest BCUT2D eigenvalue weighted by Crippen LogP contribution is -2.53. The zero-order valence-corrected chi connectivity index (χ0v) is 67.1. The van der Waals surface area contributed by atoms with Crippen molar-refractivity contribution >= 4 is 157 Å². The quantitative estimate of drug-likeness (QED) is 0.0242. The lowest BCUT2D eigenvalue weighted by atomic mass is 9.93. The highest BCUT2D eigenvalue weighted by molar-refractivity contribution is 7.12. The van der Waals surface area contributed by atoms with Gasteiger partial charge < -0.3 is 59.7 Å². The zero-order chi connectivity index (χ0) is 78.3. The normalized spacial score (nSPS) is 22.5. The lowest BCUT2D eigenvalue weighted by molar-refractivity contribution is -0.144. The summed E-state index contributed by atoms with van der Waals surface area (Å²) in [5, 5.41) is 48.0. The summed E-state index contributed by atoms with van der Waals surface area (Å²) in [5.74, 6) is -3.74. The molecule has 3 fully saturated rings. The number of thiazole rings is 3. The first-order valence-corrected chi connectivity index (χ1v) is 39.4. The summed E-state index contributed by atoms with van der Waals surface area (Å²) in [7, 11) is 3.97. The third kappa shape index (κ3) is 21.4.